The molecule has 2 N–H and O–H groups in total. The molecule has 0 unspecified atom stereocenters. The van der Waals surface area contributed by atoms with Gasteiger partial charge in [0.15, 0.2) is 0 Å². The van der Waals surface area contributed by atoms with Gasteiger partial charge in [0.05, 0.1) is 10.5 Å². The van der Waals surface area contributed by atoms with E-state index in [0.29, 0.717) is 0 Å². The van der Waals surface area contributed by atoms with E-state index in [-0.39, 0.29) is 22.6 Å². The van der Waals surface area contributed by atoms with Crippen LogP contribution in [0.4, 0.5) is 5.69 Å². The van der Waals surface area contributed by atoms with E-state index in [9.17, 15) is 15.2 Å². The molecule has 2 aliphatic rings. The lowest BCUT2D eigenvalue weighted by Crippen LogP contribution is -2.53. The zero-order valence-electron chi connectivity index (χ0n) is 11.4. The molecule has 0 aromatic heterocycles. The van der Waals surface area contributed by atoms with Crippen LogP contribution in [0.15, 0.2) is 24.3 Å². The van der Waals surface area contributed by atoms with Crippen LogP contribution in [0.25, 0.3) is 0 Å². The molecule has 20 heavy (non-hydrogen) atoms. The van der Waals surface area contributed by atoms with Crippen molar-refractivity contribution in [3.63, 3.8) is 0 Å². The van der Waals surface area contributed by atoms with Gasteiger partial charge in [-0.05, 0) is 31.4 Å². The number of hydrogen-bond donors (Lipinski definition) is 2. The van der Waals surface area contributed by atoms with Crippen molar-refractivity contribution in [2.24, 2.45) is 5.92 Å². The number of piperidine rings is 1. The van der Waals surface area contributed by atoms with Gasteiger partial charge in [0.2, 0.25) is 0 Å². The number of benzene rings is 1. The van der Waals surface area contributed by atoms with Crippen LogP contribution in [-0.4, -0.2) is 22.2 Å². The highest BCUT2D eigenvalue weighted by Crippen LogP contribution is 2.45. The topological polar surface area (TPSA) is 75.4 Å². The van der Waals surface area contributed by atoms with Crippen LogP contribution in [0.2, 0.25) is 0 Å². The number of non-ortho nitro benzene ring substituents is 1. The molecule has 1 saturated heterocycles. The standard InChI is InChI=1S/C15H20N2O3/c18-15-8-2-1-3-13(15)14(16-10-9-15)11-4-6-12(7-5-11)17(19)20/h4-7,13-14,16,18H,1-3,8-10H2/t13-,14-,15+/m0/s1. The third-order valence-corrected chi connectivity index (χ3v) is 4.85. The fourth-order valence-electron chi connectivity index (χ4n) is 3.78. The second kappa shape index (κ2) is 5.14. The fourth-order valence-corrected chi connectivity index (χ4v) is 3.78. The van der Waals surface area contributed by atoms with Crippen molar-refractivity contribution in [1.29, 1.82) is 0 Å². The molecular weight excluding hydrogens is 256 g/mol. The van der Waals surface area contributed by atoms with E-state index in [1.54, 1.807) is 12.1 Å². The number of nitrogens with zero attached hydrogens (tertiary/aromatic N) is 1. The summed E-state index contributed by atoms with van der Waals surface area (Å²) < 4.78 is 0. The molecule has 1 aliphatic heterocycles. The van der Waals surface area contributed by atoms with E-state index >= 15 is 0 Å². The van der Waals surface area contributed by atoms with Crippen molar-refractivity contribution in [3.05, 3.63) is 39.9 Å². The quantitative estimate of drug-likeness (QED) is 0.643. The number of nitrogens with one attached hydrogen (secondary N) is 1. The van der Waals surface area contributed by atoms with Gasteiger partial charge in [-0.2, -0.15) is 0 Å². The molecule has 1 saturated carbocycles. The van der Waals surface area contributed by atoms with Crippen molar-refractivity contribution in [2.75, 3.05) is 6.54 Å². The summed E-state index contributed by atoms with van der Waals surface area (Å²) in [6, 6.07) is 6.84. The average molecular weight is 276 g/mol. The largest absolute Gasteiger partial charge is 0.389 e. The van der Waals surface area contributed by atoms with Crippen molar-refractivity contribution in [3.8, 4) is 0 Å². The monoisotopic (exact) mass is 276 g/mol. The molecular formula is C15H20N2O3. The smallest absolute Gasteiger partial charge is 0.269 e. The Balaban J connectivity index is 1.86. The van der Waals surface area contributed by atoms with Gasteiger partial charge in [-0.15, -0.1) is 0 Å². The van der Waals surface area contributed by atoms with E-state index < -0.39 is 5.60 Å². The Hall–Kier alpha value is -1.46. The maximum atomic E-state index is 10.8. The predicted molar refractivity (Wildman–Crippen MR) is 75.4 cm³/mol. The zero-order chi connectivity index (χ0) is 14.2. The summed E-state index contributed by atoms with van der Waals surface area (Å²) >= 11 is 0. The Kier molecular flexibility index (Phi) is 3.48. The van der Waals surface area contributed by atoms with Gasteiger partial charge >= 0.3 is 0 Å². The summed E-state index contributed by atoms with van der Waals surface area (Å²) in [6.07, 6.45) is 4.95. The zero-order valence-corrected chi connectivity index (χ0v) is 11.4. The first kappa shape index (κ1) is 13.5. The number of nitro groups is 1. The van der Waals surface area contributed by atoms with E-state index in [1.807, 2.05) is 12.1 Å². The van der Waals surface area contributed by atoms with Gasteiger partial charge in [0, 0.05) is 24.1 Å². The average Bonchev–Trinajstić information content (AvgIpc) is 2.46. The molecule has 0 amide bonds. The Labute approximate surface area is 118 Å². The molecule has 3 atom stereocenters. The number of fused-ring (bicyclic) bond motifs is 1. The lowest BCUT2D eigenvalue weighted by molar-refractivity contribution is -0.384. The lowest BCUT2D eigenvalue weighted by Gasteiger charge is -2.48. The molecule has 1 aromatic carbocycles. The molecule has 0 radical (unpaired) electrons. The van der Waals surface area contributed by atoms with Crippen molar-refractivity contribution >= 4 is 5.69 Å². The highest BCUT2D eigenvalue weighted by atomic mass is 16.6. The summed E-state index contributed by atoms with van der Waals surface area (Å²) in [5, 5.41) is 25.0. The Morgan fingerprint density at radius 3 is 2.70 bits per heavy atom. The molecule has 1 aliphatic carbocycles. The molecule has 2 fully saturated rings. The SMILES string of the molecule is O=[N+]([O-])c1ccc([C@@H]2NCC[C@]3(O)CCCC[C@@H]23)cc1. The minimum Gasteiger partial charge on any atom is -0.389 e. The van der Waals surface area contributed by atoms with Crippen LogP contribution in [0.5, 0.6) is 0 Å². The molecule has 0 bridgehead atoms. The second-order valence-electron chi connectivity index (χ2n) is 5.99. The van der Waals surface area contributed by atoms with Gasteiger partial charge in [-0.3, -0.25) is 10.1 Å². The Bertz CT molecular complexity index is 498. The van der Waals surface area contributed by atoms with Gasteiger partial charge in [-0.25, -0.2) is 0 Å². The first-order valence-electron chi connectivity index (χ1n) is 7.30. The van der Waals surface area contributed by atoms with Crippen LogP contribution in [-0.2, 0) is 0 Å². The van der Waals surface area contributed by atoms with Crippen LogP contribution in [0, 0.1) is 16.0 Å². The predicted octanol–water partition coefficient (Wildman–Crippen LogP) is 2.55. The highest BCUT2D eigenvalue weighted by molar-refractivity contribution is 5.35. The number of aliphatic hydroxyl groups is 1. The Morgan fingerprint density at radius 1 is 1.25 bits per heavy atom. The van der Waals surface area contributed by atoms with Gasteiger partial charge < -0.3 is 10.4 Å². The first-order chi connectivity index (χ1) is 9.60. The first-order valence-corrected chi connectivity index (χ1v) is 7.30. The minimum atomic E-state index is -0.560. The molecule has 1 aromatic rings. The molecule has 0 spiro atoms. The summed E-state index contributed by atoms with van der Waals surface area (Å²) in [5.41, 5.74) is 0.597. The van der Waals surface area contributed by atoms with Crippen molar-refractivity contribution in [1.82, 2.24) is 5.32 Å². The number of nitro benzene ring substituents is 1. The van der Waals surface area contributed by atoms with Gasteiger partial charge in [-0.1, -0.05) is 25.0 Å². The van der Waals surface area contributed by atoms with Gasteiger partial charge in [0.25, 0.3) is 5.69 Å². The van der Waals surface area contributed by atoms with Crippen LogP contribution >= 0.6 is 0 Å². The Morgan fingerprint density at radius 2 is 2.00 bits per heavy atom. The fraction of sp³-hybridized carbons (Fsp3) is 0.600. The van der Waals surface area contributed by atoms with Crippen molar-refractivity contribution in [2.45, 2.75) is 43.7 Å². The normalized spacial score (nSPS) is 33.5. The molecule has 3 rings (SSSR count). The maximum absolute atomic E-state index is 10.8. The highest BCUT2D eigenvalue weighted by Gasteiger charge is 2.45. The lowest BCUT2D eigenvalue weighted by atomic mass is 9.67. The van der Waals surface area contributed by atoms with Crippen molar-refractivity contribution < 1.29 is 10.0 Å². The molecule has 1 heterocycles. The van der Waals surface area contributed by atoms with Crippen LogP contribution < -0.4 is 5.32 Å². The minimum absolute atomic E-state index is 0.106. The van der Waals surface area contributed by atoms with Crippen LogP contribution in [0.3, 0.4) is 0 Å². The van der Waals surface area contributed by atoms with E-state index in [4.69, 9.17) is 0 Å². The van der Waals surface area contributed by atoms with E-state index in [2.05, 4.69) is 5.32 Å². The van der Waals surface area contributed by atoms with E-state index in [0.717, 1.165) is 44.2 Å². The summed E-state index contributed by atoms with van der Waals surface area (Å²) in [5.74, 6) is 0.214. The number of hydrogen-bond acceptors (Lipinski definition) is 4. The maximum Gasteiger partial charge on any atom is 0.269 e. The van der Waals surface area contributed by atoms with Gasteiger partial charge in [0.1, 0.15) is 0 Å². The summed E-state index contributed by atoms with van der Waals surface area (Å²) in [6.45, 7) is 0.800. The summed E-state index contributed by atoms with van der Waals surface area (Å²) in [7, 11) is 0. The van der Waals surface area contributed by atoms with Crippen LogP contribution in [0.1, 0.15) is 43.7 Å². The third kappa shape index (κ3) is 2.31. The molecule has 108 valence electrons. The summed E-state index contributed by atoms with van der Waals surface area (Å²) in [4.78, 5) is 10.3. The van der Waals surface area contributed by atoms with E-state index in [1.165, 1.54) is 0 Å². The third-order valence-electron chi connectivity index (χ3n) is 4.85. The molecule has 5 heteroatoms. The number of rotatable bonds is 2. The molecule has 5 nitrogen and oxygen atoms in total. The second-order valence-corrected chi connectivity index (χ2v) is 5.99.